The average Bonchev–Trinajstić information content (AvgIpc) is 2.51. The molecule has 0 aliphatic rings. The van der Waals surface area contributed by atoms with Crippen molar-refractivity contribution in [1.82, 2.24) is 10.2 Å². The highest BCUT2D eigenvalue weighted by atomic mass is 127. The van der Waals surface area contributed by atoms with E-state index >= 15 is 0 Å². The van der Waals surface area contributed by atoms with Gasteiger partial charge in [-0.3, -0.25) is 9.79 Å². The zero-order valence-electron chi connectivity index (χ0n) is 15.4. The van der Waals surface area contributed by atoms with Crippen LogP contribution in [0.5, 0.6) is 0 Å². The Bertz CT molecular complexity index is 540. The summed E-state index contributed by atoms with van der Waals surface area (Å²) in [4.78, 5) is 18.1. The number of hydrogen-bond donors (Lipinski definition) is 2. The second-order valence-electron chi connectivity index (χ2n) is 6.44. The maximum atomic E-state index is 11.4. The van der Waals surface area contributed by atoms with Gasteiger partial charge in [-0.15, -0.1) is 24.0 Å². The number of aryl methyl sites for hydroxylation is 1. The molecule has 1 rings (SSSR count). The molecule has 1 aromatic carbocycles. The Kier molecular flexibility index (Phi) is 9.96. The van der Waals surface area contributed by atoms with Crippen LogP contribution < -0.4 is 11.1 Å². The molecule has 5 nitrogen and oxygen atoms in total. The third kappa shape index (κ3) is 7.07. The van der Waals surface area contributed by atoms with Gasteiger partial charge in [0.15, 0.2) is 5.96 Å². The summed E-state index contributed by atoms with van der Waals surface area (Å²) in [6.45, 7) is 9.69. The van der Waals surface area contributed by atoms with Gasteiger partial charge in [0.25, 0.3) is 0 Å². The predicted molar refractivity (Wildman–Crippen MR) is 112 cm³/mol. The lowest BCUT2D eigenvalue weighted by Crippen LogP contribution is -2.40. The highest BCUT2D eigenvalue weighted by Gasteiger charge is 2.24. The van der Waals surface area contributed by atoms with Crippen LogP contribution in [0.25, 0.3) is 0 Å². The van der Waals surface area contributed by atoms with Crippen molar-refractivity contribution in [3.63, 3.8) is 0 Å². The predicted octanol–water partition coefficient (Wildman–Crippen LogP) is 2.78. The maximum absolute atomic E-state index is 11.4. The molecule has 0 fully saturated rings. The van der Waals surface area contributed by atoms with Crippen molar-refractivity contribution in [3.05, 3.63) is 35.4 Å². The molecule has 1 amide bonds. The van der Waals surface area contributed by atoms with Crippen molar-refractivity contribution in [2.45, 2.75) is 40.7 Å². The minimum absolute atomic E-state index is 0. The van der Waals surface area contributed by atoms with Crippen LogP contribution in [0.3, 0.4) is 0 Å². The smallest absolute Gasteiger partial charge is 0.224 e. The van der Waals surface area contributed by atoms with E-state index in [1.165, 1.54) is 11.1 Å². The normalized spacial score (nSPS) is 11.6. The van der Waals surface area contributed by atoms with Crippen molar-refractivity contribution in [2.24, 2.45) is 16.1 Å². The van der Waals surface area contributed by atoms with Gasteiger partial charge in [0.05, 0.1) is 12.0 Å². The summed E-state index contributed by atoms with van der Waals surface area (Å²) in [6.07, 6.45) is 1.04. The van der Waals surface area contributed by atoms with E-state index < -0.39 is 5.41 Å². The zero-order valence-corrected chi connectivity index (χ0v) is 17.8. The molecule has 0 spiro atoms. The molecule has 0 radical (unpaired) electrons. The fourth-order valence-corrected chi connectivity index (χ4v) is 2.05. The minimum Gasteiger partial charge on any atom is -0.369 e. The van der Waals surface area contributed by atoms with Crippen LogP contribution in [0.2, 0.25) is 0 Å². The quantitative estimate of drug-likeness (QED) is 0.385. The van der Waals surface area contributed by atoms with Crippen molar-refractivity contribution >= 4 is 35.8 Å². The molecular formula is C18H31IN4O. The molecule has 0 aliphatic heterocycles. The number of nitrogens with zero attached hydrogens (tertiary/aromatic N) is 2. The Morgan fingerprint density at radius 3 is 2.21 bits per heavy atom. The fourth-order valence-electron chi connectivity index (χ4n) is 2.05. The molecular weight excluding hydrogens is 415 g/mol. The largest absolute Gasteiger partial charge is 0.369 e. The first-order valence-corrected chi connectivity index (χ1v) is 8.17. The molecule has 0 saturated heterocycles. The van der Waals surface area contributed by atoms with Gasteiger partial charge in [-0.1, -0.05) is 31.2 Å². The highest BCUT2D eigenvalue weighted by Crippen LogP contribution is 2.14. The second kappa shape index (κ2) is 10.5. The summed E-state index contributed by atoms with van der Waals surface area (Å²) in [7, 11) is 1.99. The molecule has 0 saturated carbocycles. The molecule has 136 valence electrons. The number of amides is 1. The molecule has 3 N–H and O–H groups in total. The van der Waals surface area contributed by atoms with Crippen LogP contribution in [-0.2, 0) is 17.8 Å². The average molecular weight is 446 g/mol. The van der Waals surface area contributed by atoms with Gasteiger partial charge in [-0.2, -0.15) is 0 Å². The van der Waals surface area contributed by atoms with E-state index in [1.807, 2.05) is 27.8 Å². The van der Waals surface area contributed by atoms with Crippen LogP contribution in [0, 0.1) is 5.41 Å². The van der Waals surface area contributed by atoms with E-state index in [0.717, 1.165) is 25.5 Å². The van der Waals surface area contributed by atoms with Gasteiger partial charge in [-0.05, 0) is 38.3 Å². The van der Waals surface area contributed by atoms with Gasteiger partial charge in [0.1, 0.15) is 0 Å². The first-order chi connectivity index (χ1) is 10.8. The number of hydrogen-bond acceptors (Lipinski definition) is 2. The van der Waals surface area contributed by atoms with Crippen LogP contribution in [0.15, 0.2) is 29.3 Å². The number of nitrogens with one attached hydrogen (secondary N) is 1. The Morgan fingerprint density at radius 2 is 1.75 bits per heavy atom. The molecule has 0 atom stereocenters. The van der Waals surface area contributed by atoms with E-state index in [2.05, 4.69) is 46.4 Å². The SMILES string of the molecule is CCNC(=NCC(C)(C)C(N)=O)N(C)Cc1ccc(CC)cc1.I. The third-order valence-corrected chi connectivity index (χ3v) is 3.84. The van der Waals surface area contributed by atoms with E-state index in [0.29, 0.717) is 6.54 Å². The Balaban J connectivity index is 0.00000529. The lowest BCUT2D eigenvalue weighted by molar-refractivity contribution is -0.125. The Morgan fingerprint density at radius 1 is 1.21 bits per heavy atom. The first kappa shape index (κ1) is 22.7. The molecule has 0 aromatic heterocycles. The summed E-state index contributed by atoms with van der Waals surface area (Å²) in [6, 6.07) is 8.60. The number of halogens is 1. The van der Waals surface area contributed by atoms with E-state index in [-0.39, 0.29) is 29.9 Å². The lowest BCUT2D eigenvalue weighted by atomic mass is 9.93. The molecule has 0 bridgehead atoms. The van der Waals surface area contributed by atoms with E-state index in [9.17, 15) is 4.79 Å². The molecule has 0 aliphatic carbocycles. The van der Waals surface area contributed by atoms with Gasteiger partial charge < -0.3 is 16.0 Å². The number of guanidine groups is 1. The third-order valence-electron chi connectivity index (χ3n) is 3.84. The summed E-state index contributed by atoms with van der Waals surface area (Å²) in [5.74, 6) is 0.441. The van der Waals surface area contributed by atoms with E-state index in [1.54, 1.807) is 0 Å². The fraction of sp³-hybridized carbons (Fsp3) is 0.556. The van der Waals surface area contributed by atoms with Crippen molar-refractivity contribution in [1.29, 1.82) is 0 Å². The van der Waals surface area contributed by atoms with Crippen LogP contribution >= 0.6 is 24.0 Å². The summed E-state index contributed by atoms with van der Waals surface area (Å²) in [5, 5.41) is 3.26. The van der Waals surface area contributed by atoms with Gasteiger partial charge >= 0.3 is 0 Å². The van der Waals surface area contributed by atoms with Crippen LogP contribution in [0.1, 0.15) is 38.8 Å². The van der Waals surface area contributed by atoms with E-state index in [4.69, 9.17) is 5.73 Å². The number of rotatable bonds is 7. The number of carbonyl (C=O) groups is 1. The zero-order chi connectivity index (χ0) is 17.5. The number of carbonyl (C=O) groups excluding carboxylic acids is 1. The lowest BCUT2D eigenvalue weighted by Gasteiger charge is -2.24. The van der Waals surface area contributed by atoms with Gasteiger partial charge in [0, 0.05) is 20.1 Å². The van der Waals surface area contributed by atoms with Crippen molar-refractivity contribution in [2.75, 3.05) is 20.1 Å². The highest BCUT2D eigenvalue weighted by molar-refractivity contribution is 14.0. The topological polar surface area (TPSA) is 70.7 Å². The van der Waals surface area contributed by atoms with Crippen LogP contribution in [-0.4, -0.2) is 36.9 Å². The molecule has 24 heavy (non-hydrogen) atoms. The Hall–Kier alpha value is -1.31. The molecule has 0 heterocycles. The monoisotopic (exact) mass is 446 g/mol. The number of nitrogens with two attached hydrogens (primary N) is 1. The second-order valence-corrected chi connectivity index (χ2v) is 6.44. The number of aliphatic imine (C=N–C) groups is 1. The first-order valence-electron chi connectivity index (χ1n) is 8.17. The molecule has 6 heteroatoms. The maximum Gasteiger partial charge on any atom is 0.224 e. The Labute approximate surface area is 163 Å². The van der Waals surface area contributed by atoms with Crippen molar-refractivity contribution in [3.8, 4) is 0 Å². The molecule has 1 aromatic rings. The number of primary amides is 1. The molecule has 0 unspecified atom stereocenters. The number of benzene rings is 1. The van der Waals surface area contributed by atoms with Gasteiger partial charge in [-0.25, -0.2) is 0 Å². The summed E-state index contributed by atoms with van der Waals surface area (Å²) >= 11 is 0. The summed E-state index contributed by atoms with van der Waals surface area (Å²) < 4.78 is 0. The summed E-state index contributed by atoms with van der Waals surface area (Å²) in [5.41, 5.74) is 7.33. The van der Waals surface area contributed by atoms with Crippen molar-refractivity contribution < 1.29 is 4.79 Å². The minimum atomic E-state index is -0.649. The van der Waals surface area contributed by atoms with Gasteiger partial charge in [0.2, 0.25) is 5.91 Å². The van der Waals surface area contributed by atoms with Crippen LogP contribution in [0.4, 0.5) is 0 Å². The standard InChI is InChI=1S/C18H30N4O.HI/c1-6-14-8-10-15(11-9-14)12-22(5)17(20-7-2)21-13-18(3,4)16(19)23;/h8-11H,6-7,12-13H2,1-5H3,(H2,19,23)(H,20,21);1H.